The SMILES string of the molecule is CCOCCOc1ccc(CCNCC(CO)c2cccc(C(F)(F)F)c2)cc1.O=C(O)C(=O)O. The van der Waals surface area contributed by atoms with Crippen molar-refractivity contribution >= 4 is 11.9 Å². The van der Waals surface area contributed by atoms with E-state index < -0.39 is 29.6 Å². The predicted molar refractivity (Wildman–Crippen MR) is 122 cm³/mol. The van der Waals surface area contributed by atoms with Crippen LogP contribution in [-0.4, -0.2) is 66.8 Å². The summed E-state index contributed by atoms with van der Waals surface area (Å²) in [6.45, 7) is 4.50. The number of hydrogen-bond donors (Lipinski definition) is 4. The van der Waals surface area contributed by atoms with Gasteiger partial charge in [0, 0.05) is 19.1 Å². The van der Waals surface area contributed by atoms with E-state index in [0.29, 0.717) is 38.5 Å². The first kappa shape index (κ1) is 29.9. The maximum atomic E-state index is 12.9. The molecule has 0 aliphatic carbocycles. The van der Waals surface area contributed by atoms with Crippen molar-refractivity contribution in [2.75, 3.05) is 39.5 Å². The van der Waals surface area contributed by atoms with Gasteiger partial charge in [0.1, 0.15) is 12.4 Å². The van der Waals surface area contributed by atoms with E-state index in [1.54, 1.807) is 6.07 Å². The van der Waals surface area contributed by atoms with Crippen molar-refractivity contribution in [1.82, 2.24) is 5.32 Å². The fourth-order valence-corrected chi connectivity index (χ4v) is 2.88. The van der Waals surface area contributed by atoms with E-state index in [2.05, 4.69) is 5.32 Å². The molecule has 2 aromatic rings. The highest BCUT2D eigenvalue weighted by atomic mass is 19.4. The molecule has 0 saturated carbocycles. The minimum Gasteiger partial charge on any atom is -0.491 e. The smallest absolute Gasteiger partial charge is 0.416 e. The molecule has 1 atom stereocenters. The third kappa shape index (κ3) is 12.2. The highest BCUT2D eigenvalue weighted by Crippen LogP contribution is 2.31. The van der Waals surface area contributed by atoms with Crippen LogP contribution in [0, 0.1) is 0 Å². The van der Waals surface area contributed by atoms with Crippen molar-refractivity contribution in [3.8, 4) is 5.75 Å². The molecule has 0 bridgehead atoms. The molecule has 194 valence electrons. The van der Waals surface area contributed by atoms with Crippen LogP contribution in [0.1, 0.15) is 29.5 Å². The number of nitrogens with one attached hydrogen (secondary N) is 1. The zero-order chi connectivity index (χ0) is 26.3. The van der Waals surface area contributed by atoms with E-state index in [4.69, 9.17) is 29.3 Å². The largest absolute Gasteiger partial charge is 0.491 e. The predicted octanol–water partition coefficient (Wildman–Crippen LogP) is 3.18. The standard InChI is InChI=1S/C22H28F3NO3.C2H2O4/c1-2-28-12-13-29-21-8-6-17(7-9-21)10-11-26-15-19(16-27)18-4-3-5-20(14-18)22(23,24)25;3-1(4)2(5)6/h3-9,14,19,26-27H,2,10-13,15-16H2,1H3;(H,3,4)(H,5,6). The number of halogens is 3. The molecule has 2 rings (SSSR count). The zero-order valence-corrected chi connectivity index (χ0v) is 19.3. The first-order valence-corrected chi connectivity index (χ1v) is 10.8. The van der Waals surface area contributed by atoms with Gasteiger partial charge in [0.2, 0.25) is 0 Å². The number of carbonyl (C=O) groups is 2. The van der Waals surface area contributed by atoms with E-state index in [1.807, 2.05) is 31.2 Å². The molecule has 0 fully saturated rings. The minimum absolute atomic E-state index is 0.220. The van der Waals surface area contributed by atoms with Crippen LogP contribution in [0.15, 0.2) is 48.5 Å². The fourth-order valence-electron chi connectivity index (χ4n) is 2.88. The number of alkyl halides is 3. The Labute approximate surface area is 201 Å². The van der Waals surface area contributed by atoms with Gasteiger partial charge in [-0.05, 0) is 49.2 Å². The highest BCUT2D eigenvalue weighted by molar-refractivity contribution is 6.27. The van der Waals surface area contributed by atoms with Crippen LogP contribution in [0.25, 0.3) is 0 Å². The lowest BCUT2D eigenvalue weighted by Crippen LogP contribution is -2.26. The molecule has 0 aromatic heterocycles. The lowest BCUT2D eigenvalue weighted by atomic mass is 9.97. The molecule has 0 heterocycles. The molecular formula is C24H30F3NO7. The van der Waals surface area contributed by atoms with Crippen LogP contribution in [0.3, 0.4) is 0 Å². The van der Waals surface area contributed by atoms with Gasteiger partial charge in [-0.2, -0.15) is 13.2 Å². The number of ether oxygens (including phenoxy) is 2. The Morgan fingerprint density at radius 1 is 1.03 bits per heavy atom. The first-order valence-electron chi connectivity index (χ1n) is 10.8. The monoisotopic (exact) mass is 501 g/mol. The topological polar surface area (TPSA) is 125 Å². The van der Waals surface area contributed by atoms with Crippen LogP contribution in [-0.2, 0) is 26.9 Å². The van der Waals surface area contributed by atoms with Crippen molar-refractivity contribution in [3.63, 3.8) is 0 Å². The summed E-state index contributed by atoms with van der Waals surface area (Å²) in [5, 5.41) is 27.6. The third-order valence-corrected chi connectivity index (χ3v) is 4.69. The van der Waals surface area contributed by atoms with Crippen molar-refractivity contribution in [1.29, 1.82) is 0 Å². The summed E-state index contributed by atoms with van der Waals surface area (Å²) in [5.74, 6) is -3.25. The van der Waals surface area contributed by atoms with Gasteiger partial charge in [-0.1, -0.05) is 30.3 Å². The van der Waals surface area contributed by atoms with E-state index >= 15 is 0 Å². The second-order valence-electron chi connectivity index (χ2n) is 7.26. The average Bonchev–Trinajstić information content (AvgIpc) is 2.82. The molecule has 4 N–H and O–H groups in total. The van der Waals surface area contributed by atoms with Crippen molar-refractivity contribution in [2.45, 2.75) is 25.4 Å². The summed E-state index contributed by atoms with van der Waals surface area (Å²) in [6.07, 6.45) is -3.62. The van der Waals surface area contributed by atoms with Gasteiger partial charge in [-0.25, -0.2) is 9.59 Å². The highest BCUT2D eigenvalue weighted by Gasteiger charge is 2.30. The van der Waals surface area contributed by atoms with Crippen LogP contribution in [0.4, 0.5) is 13.2 Å². The summed E-state index contributed by atoms with van der Waals surface area (Å²) >= 11 is 0. The molecule has 35 heavy (non-hydrogen) atoms. The Kier molecular flexibility index (Phi) is 13.4. The van der Waals surface area contributed by atoms with Gasteiger partial charge >= 0.3 is 18.1 Å². The summed E-state index contributed by atoms with van der Waals surface area (Å²) in [6, 6.07) is 12.9. The van der Waals surface area contributed by atoms with E-state index in [1.165, 1.54) is 6.07 Å². The number of aliphatic hydroxyl groups excluding tert-OH is 1. The molecule has 2 aromatic carbocycles. The molecule has 1 unspecified atom stereocenters. The van der Waals surface area contributed by atoms with E-state index in [0.717, 1.165) is 29.9 Å². The number of aliphatic hydroxyl groups is 1. The van der Waals surface area contributed by atoms with E-state index in [-0.39, 0.29) is 6.61 Å². The summed E-state index contributed by atoms with van der Waals surface area (Å²) in [5.41, 5.74) is 0.898. The van der Waals surface area contributed by atoms with Gasteiger partial charge in [0.05, 0.1) is 18.8 Å². The van der Waals surface area contributed by atoms with Crippen molar-refractivity contribution in [2.24, 2.45) is 0 Å². The molecule has 0 spiro atoms. The minimum atomic E-state index is -4.39. The average molecular weight is 501 g/mol. The lowest BCUT2D eigenvalue weighted by molar-refractivity contribution is -0.159. The molecule has 11 heteroatoms. The molecular weight excluding hydrogens is 471 g/mol. The molecule has 0 amide bonds. The second-order valence-corrected chi connectivity index (χ2v) is 7.26. The molecule has 0 aliphatic heterocycles. The Hall–Kier alpha value is -3.15. The van der Waals surface area contributed by atoms with Crippen molar-refractivity contribution < 1.29 is 47.6 Å². The number of hydrogen-bond acceptors (Lipinski definition) is 6. The lowest BCUT2D eigenvalue weighted by Gasteiger charge is -2.17. The Bertz CT molecular complexity index is 893. The van der Waals surface area contributed by atoms with E-state index in [9.17, 15) is 18.3 Å². The van der Waals surface area contributed by atoms with Crippen LogP contribution in [0.5, 0.6) is 5.75 Å². The van der Waals surface area contributed by atoms with Gasteiger partial charge < -0.3 is 30.1 Å². The van der Waals surface area contributed by atoms with Crippen LogP contribution >= 0.6 is 0 Å². The number of benzene rings is 2. The fraction of sp³-hybridized carbons (Fsp3) is 0.417. The number of carboxylic acid groups (broad SMARTS) is 2. The summed E-state index contributed by atoms with van der Waals surface area (Å²) < 4.78 is 49.4. The van der Waals surface area contributed by atoms with Crippen LogP contribution < -0.4 is 10.1 Å². The maximum absolute atomic E-state index is 12.9. The number of rotatable bonds is 12. The zero-order valence-electron chi connectivity index (χ0n) is 19.3. The Morgan fingerprint density at radius 3 is 2.23 bits per heavy atom. The normalized spacial score (nSPS) is 11.8. The van der Waals surface area contributed by atoms with Crippen molar-refractivity contribution in [3.05, 3.63) is 65.2 Å². The number of aliphatic carboxylic acids is 2. The van der Waals surface area contributed by atoms with Crippen LogP contribution in [0.2, 0.25) is 0 Å². The quantitative estimate of drug-likeness (QED) is 0.258. The second kappa shape index (κ2) is 15.7. The van der Waals surface area contributed by atoms with Gasteiger partial charge in [-0.3, -0.25) is 0 Å². The summed E-state index contributed by atoms with van der Waals surface area (Å²) in [4.78, 5) is 18.2. The first-order chi connectivity index (χ1) is 16.6. The molecule has 8 nitrogen and oxygen atoms in total. The van der Waals surface area contributed by atoms with Gasteiger partial charge in [0.25, 0.3) is 0 Å². The Balaban J connectivity index is 0.000000905. The van der Waals surface area contributed by atoms with Gasteiger partial charge in [-0.15, -0.1) is 0 Å². The third-order valence-electron chi connectivity index (χ3n) is 4.69. The maximum Gasteiger partial charge on any atom is 0.416 e. The summed E-state index contributed by atoms with van der Waals surface area (Å²) in [7, 11) is 0. The number of carboxylic acids is 2. The molecule has 0 saturated heterocycles. The molecule has 0 aliphatic rings. The Morgan fingerprint density at radius 2 is 1.69 bits per heavy atom. The van der Waals surface area contributed by atoms with Gasteiger partial charge in [0.15, 0.2) is 0 Å². The molecule has 0 radical (unpaired) electrons.